The van der Waals surface area contributed by atoms with Gasteiger partial charge in [0.1, 0.15) is 5.70 Å². The topological polar surface area (TPSA) is 66.9 Å². The second-order valence-electron chi connectivity index (χ2n) is 4.08. The summed E-state index contributed by atoms with van der Waals surface area (Å²) in [6, 6.07) is -0.260. The van der Waals surface area contributed by atoms with Crippen molar-refractivity contribution in [3.8, 4) is 0 Å². The molecule has 0 saturated carbocycles. The van der Waals surface area contributed by atoms with Crippen molar-refractivity contribution in [1.29, 1.82) is 0 Å². The highest BCUT2D eigenvalue weighted by Crippen LogP contribution is 2.20. The van der Waals surface area contributed by atoms with Crippen molar-refractivity contribution < 1.29 is 19.1 Å². The Morgan fingerprint density at radius 1 is 1.39 bits per heavy atom. The number of hydrogen-bond acceptors (Lipinski definition) is 4. The number of hydrogen-bond donors (Lipinski definition) is 0. The summed E-state index contributed by atoms with van der Waals surface area (Å²) in [4.78, 5) is 37.7. The lowest BCUT2D eigenvalue weighted by molar-refractivity contribution is -0.137. The highest BCUT2D eigenvalue weighted by molar-refractivity contribution is 6.16. The van der Waals surface area contributed by atoms with Gasteiger partial charge in [0.05, 0.1) is 6.61 Å². The molecule has 0 radical (unpaired) electrons. The summed E-state index contributed by atoms with van der Waals surface area (Å²) >= 11 is 0. The number of nitrogens with zero attached hydrogens (tertiary/aromatic N) is 2. The molecule has 18 heavy (non-hydrogen) atoms. The normalized spacial score (nSPS) is 15.2. The van der Waals surface area contributed by atoms with Crippen molar-refractivity contribution in [3.05, 3.63) is 11.8 Å². The van der Waals surface area contributed by atoms with Crippen LogP contribution in [-0.2, 0) is 14.3 Å². The zero-order chi connectivity index (χ0) is 13.9. The molecule has 0 atom stereocenters. The van der Waals surface area contributed by atoms with E-state index in [4.69, 9.17) is 4.74 Å². The van der Waals surface area contributed by atoms with Gasteiger partial charge in [0.2, 0.25) is 0 Å². The van der Waals surface area contributed by atoms with Crippen LogP contribution in [0.2, 0.25) is 0 Å². The van der Waals surface area contributed by atoms with Gasteiger partial charge in [-0.2, -0.15) is 0 Å². The predicted octanol–water partition coefficient (Wildman–Crippen LogP) is 1.13. The van der Waals surface area contributed by atoms with Crippen LogP contribution >= 0.6 is 0 Å². The van der Waals surface area contributed by atoms with E-state index in [-0.39, 0.29) is 24.9 Å². The average Bonchev–Trinajstić information content (AvgIpc) is 2.54. The van der Waals surface area contributed by atoms with Crippen LogP contribution in [0.1, 0.15) is 27.7 Å². The number of carbonyl (C=O) groups excluding carboxylic acids is 3. The van der Waals surface area contributed by atoms with Crippen molar-refractivity contribution in [2.75, 3.05) is 13.2 Å². The standard InChI is InChI=1S/C12H18N2O4/c1-5-13-10(15)7-9(11(13)16)14(8(3)4)12(17)18-6-2/h7-8H,5-6H2,1-4H3. The molecule has 1 heterocycles. The molecule has 1 rings (SSSR count). The van der Waals surface area contributed by atoms with E-state index in [9.17, 15) is 14.4 Å². The maximum absolute atomic E-state index is 12.0. The van der Waals surface area contributed by atoms with Gasteiger partial charge in [0, 0.05) is 18.7 Å². The minimum Gasteiger partial charge on any atom is -0.449 e. The molecule has 0 aromatic rings. The zero-order valence-corrected chi connectivity index (χ0v) is 11.1. The first-order valence-electron chi connectivity index (χ1n) is 5.97. The van der Waals surface area contributed by atoms with Gasteiger partial charge < -0.3 is 4.74 Å². The van der Waals surface area contributed by atoms with Crippen molar-refractivity contribution in [2.24, 2.45) is 0 Å². The molecule has 3 amide bonds. The summed E-state index contributed by atoms with van der Waals surface area (Å²) in [6.07, 6.45) is 0.570. The van der Waals surface area contributed by atoms with Crippen LogP contribution in [0.5, 0.6) is 0 Å². The first kappa shape index (κ1) is 14.2. The second-order valence-corrected chi connectivity index (χ2v) is 4.08. The van der Waals surface area contributed by atoms with E-state index in [1.807, 2.05) is 0 Å². The fourth-order valence-corrected chi connectivity index (χ4v) is 1.75. The highest BCUT2D eigenvalue weighted by atomic mass is 16.6. The van der Waals surface area contributed by atoms with E-state index in [1.54, 1.807) is 27.7 Å². The molecule has 0 saturated heterocycles. The molecule has 0 aromatic heterocycles. The minimum absolute atomic E-state index is 0.0790. The van der Waals surface area contributed by atoms with Gasteiger partial charge >= 0.3 is 6.09 Å². The Morgan fingerprint density at radius 2 is 2.00 bits per heavy atom. The van der Waals surface area contributed by atoms with Gasteiger partial charge in [-0.3, -0.25) is 19.4 Å². The Balaban J connectivity index is 3.02. The van der Waals surface area contributed by atoms with Crippen LogP contribution in [0.25, 0.3) is 0 Å². The van der Waals surface area contributed by atoms with Crippen LogP contribution in [0.15, 0.2) is 11.8 Å². The summed E-state index contributed by atoms with van der Waals surface area (Å²) in [5.74, 6) is -0.850. The molecule has 0 unspecified atom stereocenters. The van der Waals surface area contributed by atoms with E-state index in [0.29, 0.717) is 0 Å². The van der Waals surface area contributed by atoms with Crippen molar-refractivity contribution >= 4 is 17.9 Å². The van der Waals surface area contributed by atoms with Gasteiger partial charge in [-0.25, -0.2) is 4.79 Å². The summed E-state index contributed by atoms with van der Waals surface area (Å²) in [5, 5.41) is 0. The number of rotatable bonds is 4. The van der Waals surface area contributed by atoms with Crippen LogP contribution in [-0.4, -0.2) is 46.9 Å². The first-order chi connectivity index (χ1) is 8.43. The van der Waals surface area contributed by atoms with E-state index < -0.39 is 17.9 Å². The van der Waals surface area contributed by atoms with Crippen molar-refractivity contribution in [2.45, 2.75) is 33.7 Å². The van der Waals surface area contributed by atoms with Crippen LogP contribution in [0.3, 0.4) is 0 Å². The molecule has 6 nitrogen and oxygen atoms in total. The lowest BCUT2D eigenvalue weighted by Crippen LogP contribution is -2.41. The monoisotopic (exact) mass is 254 g/mol. The largest absolute Gasteiger partial charge is 0.449 e. The van der Waals surface area contributed by atoms with Gasteiger partial charge in [-0.15, -0.1) is 0 Å². The third-order valence-corrected chi connectivity index (χ3v) is 2.55. The van der Waals surface area contributed by atoms with Crippen LogP contribution in [0, 0.1) is 0 Å². The maximum Gasteiger partial charge on any atom is 0.414 e. The second kappa shape index (κ2) is 5.66. The molecule has 0 spiro atoms. The fraction of sp³-hybridized carbons (Fsp3) is 0.583. The van der Waals surface area contributed by atoms with Crippen molar-refractivity contribution in [1.82, 2.24) is 9.80 Å². The minimum atomic E-state index is -0.613. The van der Waals surface area contributed by atoms with Gasteiger partial charge in [-0.1, -0.05) is 0 Å². The molecule has 0 N–H and O–H groups in total. The van der Waals surface area contributed by atoms with E-state index in [2.05, 4.69) is 0 Å². The highest BCUT2D eigenvalue weighted by Gasteiger charge is 2.37. The molecule has 0 fully saturated rings. The van der Waals surface area contributed by atoms with Gasteiger partial charge in [-0.05, 0) is 27.7 Å². The van der Waals surface area contributed by atoms with Crippen LogP contribution in [0.4, 0.5) is 4.79 Å². The molecule has 100 valence electrons. The van der Waals surface area contributed by atoms with Gasteiger partial charge in [0.15, 0.2) is 0 Å². The Labute approximate surface area is 106 Å². The Morgan fingerprint density at radius 3 is 2.39 bits per heavy atom. The number of ether oxygens (including phenoxy) is 1. The third kappa shape index (κ3) is 2.52. The summed E-state index contributed by atoms with van der Waals surface area (Å²) < 4.78 is 4.89. The molecule has 0 aromatic carbocycles. The van der Waals surface area contributed by atoms with E-state index in [0.717, 1.165) is 4.90 Å². The molecule has 0 bridgehead atoms. The number of carbonyl (C=O) groups is 3. The number of likely N-dealkylation sites (N-methyl/N-ethyl adjacent to an activating group) is 1. The van der Waals surface area contributed by atoms with Crippen LogP contribution < -0.4 is 0 Å². The number of amides is 3. The fourth-order valence-electron chi connectivity index (χ4n) is 1.75. The van der Waals surface area contributed by atoms with Crippen molar-refractivity contribution in [3.63, 3.8) is 0 Å². The Kier molecular flexibility index (Phi) is 4.47. The summed E-state index contributed by atoms with van der Waals surface area (Å²) in [5.41, 5.74) is 0.0790. The predicted molar refractivity (Wildman–Crippen MR) is 64.5 cm³/mol. The zero-order valence-electron chi connectivity index (χ0n) is 11.1. The third-order valence-electron chi connectivity index (χ3n) is 2.55. The summed E-state index contributed by atoms with van der Waals surface area (Å²) in [7, 11) is 0. The quantitative estimate of drug-likeness (QED) is 0.705. The average molecular weight is 254 g/mol. The lowest BCUT2D eigenvalue weighted by atomic mass is 10.3. The Bertz CT molecular complexity index is 401. The smallest absolute Gasteiger partial charge is 0.414 e. The molecule has 0 aliphatic carbocycles. The number of imide groups is 1. The lowest BCUT2D eigenvalue weighted by Gasteiger charge is -2.26. The molecular weight excluding hydrogens is 236 g/mol. The molecule has 6 heteroatoms. The Hall–Kier alpha value is -1.85. The van der Waals surface area contributed by atoms with Gasteiger partial charge in [0.25, 0.3) is 11.8 Å². The molecule has 1 aliphatic heterocycles. The van der Waals surface area contributed by atoms with E-state index in [1.165, 1.54) is 11.0 Å². The SMILES string of the molecule is CCOC(=O)N(C1=CC(=O)N(CC)C1=O)C(C)C. The molecule has 1 aliphatic rings. The first-order valence-corrected chi connectivity index (χ1v) is 5.97. The molecular formula is C12H18N2O4. The summed E-state index contributed by atoms with van der Waals surface area (Å²) in [6.45, 7) is 7.40. The maximum atomic E-state index is 12.0. The van der Waals surface area contributed by atoms with E-state index >= 15 is 0 Å².